The number of nitrogens with zero attached hydrogens (tertiary/aromatic N) is 1. The van der Waals surface area contributed by atoms with Crippen molar-refractivity contribution >= 4 is 33.5 Å². The smallest absolute Gasteiger partial charge is 0.0595 e. The largest absolute Gasteiger partial charge is 0.315 e. The van der Waals surface area contributed by atoms with Crippen LogP contribution in [0.15, 0.2) is 79.0 Å². The molecule has 0 fully saturated rings. The Hall–Kier alpha value is -2.07. The summed E-state index contributed by atoms with van der Waals surface area (Å²) < 4.78 is 3.57. The van der Waals surface area contributed by atoms with E-state index in [1.807, 2.05) is 0 Å². The molecule has 1 aromatic heterocycles. The fourth-order valence-electron chi connectivity index (χ4n) is 3.10. The van der Waals surface area contributed by atoms with Crippen molar-refractivity contribution in [3.8, 4) is 16.8 Å². The summed E-state index contributed by atoms with van der Waals surface area (Å²) in [6, 6.07) is 25.8. The molecule has 0 aliphatic carbocycles. The average Bonchev–Trinajstić information content (AvgIpc) is 3.00. The molecule has 0 saturated carbocycles. The third kappa shape index (κ3) is 2.47. The Labute approximate surface area is 149 Å². The van der Waals surface area contributed by atoms with Crippen LogP contribution < -0.4 is 0 Å². The van der Waals surface area contributed by atoms with Gasteiger partial charge in [-0.05, 0) is 64.2 Å². The Kier molecular flexibility index (Phi) is 3.69. The molecule has 1 nitrogen and oxygen atoms in total. The first-order valence-electron chi connectivity index (χ1n) is 7.67. The predicted octanol–water partition coefficient (Wildman–Crippen LogP) is 6.21. The minimum atomic E-state index is 1.23. The predicted molar refractivity (Wildman–Crippen MR) is 106 cm³/mol. The van der Waals surface area contributed by atoms with Crippen molar-refractivity contribution in [3.63, 3.8) is 0 Å². The van der Waals surface area contributed by atoms with Crippen LogP contribution in [0.25, 0.3) is 27.7 Å². The van der Waals surface area contributed by atoms with Crippen molar-refractivity contribution in [1.29, 1.82) is 0 Å². The number of fused-ring (bicyclic) bond motifs is 1. The lowest BCUT2D eigenvalue weighted by atomic mass is 10.00. The zero-order valence-electron chi connectivity index (χ0n) is 12.8. The molecule has 0 unspecified atom stereocenters. The standard InChI is InChI=1S/C21H16IN/c1-15-11-12-19(21(22)20(15)17-8-3-2-4-9-17)23-14-13-16-7-5-6-10-18(16)23/h2-14H,1H3. The number of hydrogen-bond acceptors (Lipinski definition) is 0. The third-order valence-electron chi connectivity index (χ3n) is 4.25. The van der Waals surface area contributed by atoms with Crippen molar-refractivity contribution in [2.45, 2.75) is 6.92 Å². The van der Waals surface area contributed by atoms with E-state index in [4.69, 9.17) is 0 Å². The molecule has 4 aromatic rings. The summed E-state index contributed by atoms with van der Waals surface area (Å²) in [5, 5.41) is 1.27. The second kappa shape index (κ2) is 5.85. The monoisotopic (exact) mass is 409 g/mol. The highest BCUT2D eigenvalue weighted by Gasteiger charge is 2.13. The summed E-state index contributed by atoms with van der Waals surface area (Å²) in [6.45, 7) is 2.18. The second-order valence-corrected chi connectivity index (χ2v) is 6.78. The molecule has 3 aromatic carbocycles. The molecule has 0 aliphatic rings. The van der Waals surface area contributed by atoms with Crippen molar-refractivity contribution in [1.82, 2.24) is 4.57 Å². The Bertz CT molecular complexity index is 983. The van der Waals surface area contributed by atoms with E-state index in [0.717, 1.165) is 0 Å². The van der Waals surface area contributed by atoms with Gasteiger partial charge >= 0.3 is 0 Å². The zero-order chi connectivity index (χ0) is 15.8. The van der Waals surface area contributed by atoms with Crippen LogP contribution in [0.3, 0.4) is 0 Å². The van der Waals surface area contributed by atoms with Crippen LogP contribution in [0.2, 0.25) is 0 Å². The third-order valence-corrected chi connectivity index (χ3v) is 5.34. The fraction of sp³-hybridized carbons (Fsp3) is 0.0476. The van der Waals surface area contributed by atoms with Crippen LogP contribution in [0.1, 0.15) is 5.56 Å². The molecule has 112 valence electrons. The van der Waals surface area contributed by atoms with E-state index in [1.165, 1.54) is 36.9 Å². The molecule has 0 aliphatic heterocycles. The molecular weight excluding hydrogens is 393 g/mol. The van der Waals surface area contributed by atoms with Crippen LogP contribution in [-0.4, -0.2) is 4.57 Å². The Morgan fingerprint density at radius 1 is 0.783 bits per heavy atom. The van der Waals surface area contributed by atoms with Crippen molar-refractivity contribution in [2.24, 2.45) is 0 Å². The molecule has 0 saturated heterocycles. The van der Waals surface area contributed by atoms with E-state index in [9.17, 15) is 0 Å². The molecule has 23 heavy (non-hydrogen) atoms. The van der Waals surface area contributed by atoms with Gasteiger partial charge in [0.1, 0.15) is 0 Å². The first-order chi connectivity index (χ1) is 11.3. The zero-order valence-corrected chi connectivity index (χ0v) is 15.0. The Balaban J connectivity index is 1.98. The number of aryl methyl sites for hydroxylation is 1. The van der Waals surface area contributed by atoms with Gasteiger partial charge in [0, 0.05) is 15.3 Å². The summed E-state index contributed by atoms with van der Waals surface area (Å²) >= 11 is 2.48. The van der Waals surface area contributed by atoms with E-state index in [0.29, 0.717) is 0 Å². The summed E-state index contributed by atoms with van der Waals surface area (Å²) in [7, 11) is 0. The van der Waals surface area contributed by atoms with Crippen molar-refractivity contribution in [3.05, 3.63) is 88.1 Å². The lowest BCUT2D eigenvalue weighted by Gasteiger charge is -2.15. The molecule has 0 radical (unpaired) electrons. The van der Waals surface area contributed by atoms with Gasteiger partial charge in [0.25, 0.3) is 0 Å². The van der Waals surface area contributed by atoms with Gasteiger partial charge in [-0.3, -0.25) is 0 Å². The molecule has 0 bridgehead atoms. The Morgan fingerprint density at radius 3 is 2.35 bits per heavy atom. The minimum absolute atomic E-state index is 1.23. The molecule has 0 amide bonds. The molecule has 2 heteroatoms. The molecular formula is C21H16IN. The maximum Gasteiger partial charge on any atom is 0.0595 e. The molecule has 4 rings (SSSR count). The first kappa shape index (κ1) is 14.5. The maximum atomic E-state index is 2.48. The number of para-hydroxylation sites is 1. The van der Waals surface area contributed by atoms with Gasteiger partial charge in [0.2, 0.25) is 0 Å². The molecule has 0 spiro atoms. The van der Waals surface area contributed by atoms with Crippen LogP contribution in [0, 0.1) is 10.5 Å². The average molecular weight is 409 g/mol. The quantitative estimate of drug-likeness (QED) is 0.347. The van der Waals surface area contributed by atoms with E-state index < -0.39 is 0 Å². The highest BCUT2D eigenvalue weighted by atomic mass is 127. The lowest BCUT2D eigenvalue weighted by molar-refractivity contribution is 1.11. The van der Waals surface area contributed by atoms with Gasteiger partial charge in [0.15, 0.2) is 0 Å². The summed E-state index contributed by atoms with van der Waals surface area (Å²) in [5.41, 5.74) is 6.37. The minimum Gasteiger partial charge on any atom is -0.315 e. The van der Waals surface area contributed by atoms with E-state index >= 15 is 0 Å². The van der Waals surface area contributed by atoms with Crippen LogP contribution in [0.5, 0.6) is 0 Å². The van der Waals surface area contributed by atoms with Gasteiger partial charge in [-0.15, -0.1) is 0 Å². The van der Waals surface area contributed by atoms with Gasteiger partial charge < -0.3 is 4.57 Å². The molecule has 1 heterocycles. The summed E-state index contributed by atoms with van der Waals surface area (Å²) in [4.78, 5) is 0. The maximum absolute atomic E-state index is 2.48. The van der Waals surface area contributed by atoms with Gasteiger partial charge in [-0.2, -0.15) is 0 Å². The van der Waals surface area contributed by atoms with Crippen LogP contribution in [0.4, 0.5) is 0 Å². The topological polar surface area (TPSA) is 4.93 Å². The number of hydrogen-bond donors (Lipinski definition) is 0. The van der Waals surface area contributed by atoms with Crippen molar-refractivity contribution in [2.75, 3.05) is 0 Å². The molecule has 0 N–H and O–H groups in total. The SMILES string of the molecule is Cc1ccc(-n2ccc3ccccc32)c(I)c1-c1ccccc1. The summed E-state index contributed by atoms with van der Waals surface area (Å²) in [5.74, 6) is 0. The van der Waals surface area contributed by atoms with E-state index in [-0.39, 0.29) is 0 Å². The lowest BCUT2D eigenvalue weighted by Crippen LogP contribution is -1.99. The van der Waals surface area contributed by atoms with E-state index in [1.54, 1.807) is 0 Å². The van der Waals surface area contributed by atoms with Gasteiger partial charge in [0.05, 0.1) is 11.2 Å². The summed E-state index contributed by atoms with van der Waals surface area (Å²) in [6.07, 6.45) is 2.16. The number of rotatable bonds is 2. The fourth-order valence-corrected chi connectivity index (χ4v) is 4.28. The molecule has 0 atom stereocenters. The van der Waals surface area contributed by atoms with Gasteiger partial charge in [-0.1, -0.05) is 54.6 Å². The van der Waals surface area contributed by atoms with Crippen LogP contribution >= 0.6 is 22.6 Å². The van der Waals surface area contributed by atoms with E-state index in [2.05, 4.69) is 113 Å². The van der Waals surface area contributed by atoms with Gasteiger partial charge in [-0.25, -0.2) is 0 Å². The number of aromatic nitrogens is 1. The van der Waals surface area contributed by atoms with Crippen LogP contribution in [-0.2, 0) is 0 Å². The Morgan fingerprint density at radius 2 is 1.52 bits per heavy atom. The second-order valence-electron chi connectivity index (χ2n) is 5.70. The number of benzene rings is 3. The van der Waals surface area contributed by atoms with Crippen molar-refractivity contribution < 1.29 is 0 Å². The highest BCUT2D eigenvalue weighted by Crippen LogP contribution is 2.34. The highest BCUT2D eigenvalue weighted by molar-refractivity contribution is 14.1. The normalized spacial score (nSPS) is 11.0. The first-order valence-corrected chi connectivity index (χ1v) is 8.74. The number of halogens is 1.